The van der Waals surface area contributed by atoms with Crippen molar-refractivity contribution in [3.63, 3.8) is 0 Å². The fourth-order valence-corrected chi connectivity index (χ4v) is 2.39. The number of hydrazine groups is 1. The number of carbonyl (C=O) groups is 2. The Balaban J connectivity index is 2.01. The van der Waals surface area contributed by atoms with Gasteiger partial charge in [-0.05, 0) is 19.1 Å². The van der Waals surface area contributed by atoms with E-state index in [0.29, 0.717) is 0 Å². The molecule has 3 rings (SSSR count). The van der Waals surface area contributed by atoms with Gasteiger partial charge in [-0.2, -0.15) is 10.1 Å². The summed E-state index contributed by atoms with van der Waals surface area (Å²) in [6, 6.07) is 6.34. The van der Waals surface area contributed by atoms with Crippen LogP contribution in [0.15, 0.2) is 24.3 Å². The van der Waals surface area contributed by atoms with Crippen LogP contribution < -0.4 is 5.43 Å². The van der Waals surface area contributed by atoms with Crippen molar-refractivity contribution < 1.29 is 14.5 Å². The van der Waals surface area contributed by atoms with Gasteiger partial charge in [0.2, 0.25) is 5.82 Å². The molecule has 1 aliphatic heterocycles. The number of aromatic nitrogens is 2. The lowest BCUT2D eigenvalue weighted by molar-refractivity contribution is -0.384. The molecule has 2 aromatic rings. The molecule has 112 valence electrons. The second-order valence-electron chi connectivity index (χ2n) is 4.77. The van der Waals surface area contributed by atoms with E-state index in [9.17, 15) is 19.7 Å². The third kappa shape index (κ3) is 1.83. The van der Waals surface area contributed by atoms with Crippen molar-refractivity contribution in [1.29, 1.82) is 0 Å². The molecule has 1 aromatic carbocycles. The van der Waals surface area contributed by atoms with Crippen molar-refractivity contribution in [2.75, 3.05) is 5.43 Å². The number of aryl methyl sites for hydroxylation is 2. The zero-order valence-corrected chi connectivity index (χ0v) is 11.7. The minimum absolute atomic E-state index is 0.0305. The van der Waals surface area contributed by atoms with E-state index >= 15 is 0 Å². The molecule has 0 atom stereocenters. The van der Waals surface area contributed by atoms with Gasteiger partial charge in [0.1, 0.15) is 5.69 Å². The number of fused-ring (bicyclic) bond motifs is 1. The Labute approximate surface area is 124 Å². The van der Waals surface area contributed by atoms with E-state index in [-0.39, 0.29) is 28.3 Å². The van der Waals surface area contributed by atoms with Crippen LogP contribution in [0.3, 0.4) is 0 Å². The van der Waals surface area contributed by atoms with Gasteiger partial charge in [0, 0.05) is 7.05 Å². The molecule has 9 heteroatoms. The fraction of sp³-hybridized carbons (Fsp3) is 0.154. The standard InChI is InChI=1S/C13H11N5O4/c1-7-10(18(21)22)11(16(2)14-7)15-17-12(19)8-5-3-4-6-9(8)13(17)20/h3-6,15H,1-2H3. The second kappa shape index (κ2) is 4.65. The number of nitro groups is 1. The van der Waals surface area contributed by atoms with E-state index in [1.54, 1.807) is 12.1 Å². The minimum atomic E-state index is -0.608. The molecule has 1 aliphatic rings. The maximum atomic E-state index is 12.3. The molecule has 0 radical (unpaired) electrons. The molecular weight excluding hydrogens is 290 g/mol. The zero-order valence-electron chi connectivity index (χ0n) is 11.7. The number of benzene rings is 1. The third-order valence-corrected chi connectivity index (χ3v) is 3.38. The highest BCUT2D eigenvalue weighted by molar-refractivity contribution is 6.21. The fourth-order valence-electron chi connectivity index (χ4n) is 2.39. The zero-order chi connectivity index (χ0) is 16.0. The second-order valence-corrected chi connectivity index (χ2v) is 4.77. The van der Waals surface area contributed by atoms with E-state index < -0.39 is 16.7 Å². The van der Waals surface area contributed by atoms with Gasteiger partial charge in [0.25, 0.3) is 11.8 Å². The van der Waals surface area contributed by atoms with Crippen LogP contribution in [0, 0.1) is 17.0 Å². The average molecular weight is 301 g/mol. The van der Waals surface area contributed by atoms with E-state index in [4.69, 9.17) is 0 Å². The van der Waals surface area contributed by atoms with E-state index in [0.717, 1.165) is 5.01 Å². The first kappa shape index (κ1) is 13.7. The van der Waals surface area contributed by atoms with Crippen LogP contribution in [-0.2, 0) is 7.05 Å². The molecule has 1 aromatic heterocycles. The van der Waals surface area contributed by atoms with Crippen molar-refractivity contribution >= 4 is 23.3 Å². The smallest absolute Gasteiger partial charge is 0.267 e. The average Bonchev–Trinajstić information content (AvgIpc) is 2.89. The Kier molecular flexibility index (Phi) is 2.91. The molecule has 2 heterocycles. The van der Waals surface area contributed by atoms with Gasteiger partial charge in [-0.25, -0.2) is 4.68 Å². The van der Waals surface area contributed by atoms with Gasteiger partial charge in [-0.3, -0.25) is 25.1 Å². The SMILES string of the molecule is Cc1nn(C)c(NN2C(=O)c3ccccc3C2=O)c1[N+](=O)[O-]. The molecular formula is C13H11N5O4. The highest BCUT2D eigenvalue weighted by Gasteiger charge is 2.38. The number of hydrogen-bond acceptors (Lipinski definition) is 6. The van der Waals surface area contributed by atoms with Crippen molar-refractivity contribution in [2.24, 2.45) is 7.05 Å². The Morgan fingerprint density at radius 1 is 1.18 bits per heavy atom. The van der Waals surface area contributed by atoms with E-state index in [1.165, 1.54) is 30.8 Å². The summed E-state index contributed by atoms with van der Waals surface area (Å²) in [5, 5.41) is 15.8. The van der Waals surface area contributed by atoms with Gasteiger partial charge in [0.05, 0.1) is 16.1 Å². The summed E-state index contributed by atoms with van der Waals surface area (Å²) in [6.45, 7) is 1.48. The number of amides is 2. The predicted octanol–water partition coefficient (Wildman–Crippen LogP) is 1.26. The lowest BCUT2D eigenvalue weighted by Crippen LogP contribution is -2.36. The van der Waals surface area contributed by atoms with Gasteiger partial charge in [-0.1, -0.05) is 12.1 Å². The largest absolute Gasteiger partial charge is 0.335 e. The van der Waals surface area contributed by atoms with Crippen LogP contribution in [0.25, 0.3) is 0 Å². The summed E-state index contributed by atoms with van der Waals surface area (Å²) in [6.07, 6.45) is 0. The molecule has 0 saturated heterocycles. The van der Waals surface area contributed by atoms with Crippen molar-refractivity contribution in [3.05, 3.63) is 51.2 Å². The molecule has 0 saturated carbocycles. The maximum absolute atomic E-state index is 12.3. The number of carbonyl (C=O) groups excluding carboxylic acids is 2. The summed E-state index contributed by atoms with van der Waals surface area (Å²) in [5.41, 5.74) is 2.93. The van der Waals surface area contributed by atoms with Gasteiger partial charge in [-0.15, -0.1) is 0 Å². The summed E-state index contributed by atoms with van der Waals surface area (Å²) in [5.74, 6) is -1.15. The Hall–Kier alpha value is -3.23. The normalized spacial score (nSPS) is 13.5. The molecule has 9 nitrogen and oxygen atoms in total. The van der Waals surface area contributed by atoms with Crippen LogP contribution in [0.1, 0.15) is 26.4 Å². The Bertz CT molecular complexity index is 791. The molecule has 22 heavy (non-hydrogen) atoms. The third-order valence-electron chi connectivity index (χ3n) is 3.38. The van der Waals surface area contributed by atoms with Crippen LogP contribution in [0.5, 0.6) is 0 Å². The van der Waals surface area contributed by atoms with E-state index in [2.05, 4.69) is 10.5 Å². The Morgan fingerprint density at radius 3 is 2.23 bits per heavy atom. The van der Waals surface area contributed by atoms with Crippen molar-refractivity contribution in [3.8, 4) is 0 Å². The minimum Gasteiger partial charge on any atom is -0.267 e. The summed E-state index contributed by atoms with van der Waals surface area (Å²) >= 11 is 0. The predicted molar refractivity (Wildman–Crippen MR) is 75.2 cm³/mol. The molecule has 0 spiro atoms. The maximum Gasteiger partial charge on any atom is 0.335 e. The van der Waals surface area contributed by atoms with Crippen molar-refractivity contribution in [2.45, 2.75) is 6.92 Å². The summed E-state index contributed by atoms with van der Waals surface area (Å²) < 4.78 is 1.22. The summed E-state index contributed by atoms with van der Waals surface area (Å²) in [4.78, 5) is 35.0. The van der Waals surface area contributed by atoms with Crippen LogP contribution in [0.4, 0.5) is 11.5 Å². The van der Waals surface area contributed by atoms with Crippen LogP contribution in [0.2, 0.25) is 0 Å². The number of rotatable bonds is 3. The van der Waals surface area contributed by atoms with Crippen LogP contribution in [-0.4, -0.2) is 31.5 Å². The van der Waals surface area contributed by atoms with E-state index in [1.807, 2.05) is 0 Å². The molecule has 0 bridgehead atoms. The van der Waals surface area contributed by atoms with Gasteiger partial charge in [0.15, 0.2) is 0 Å². The lowest BCUT2D eigenvalue weighted by Gasteiger charge is -2.15. The van der Waals surface area contributed by atoms with Gasteiger partial charge < -0.3 is 0 Å². The first-order chi connectivity index (χ1) is 10.4. The Morgan fingerprint density at radius 2 is 1.73 bits per heavy atom. The molecule has 0 aliphatic carbocycles. The van der Waals surface area contributed by atoms with Gasteiger partial charge >= 0.3 is 5.69 Å². The lowest BCUT2D eigenvalue weighted by atomic mass is 10.1. The quantitative estimate of drug-likeness (QED) is 0.519. The van der Waals surface area contributed by atoms with Crippen molar-refractivity contribution in [1.82, 2.24) is 14.8 Å². The molecule has 0 unspecified atom stereocenters. The number of imide groups is 1. The number of nitrogens with one attached hydrogen (secondary N) is 1. The molecule has 0 fully saturated rings. The topological polar surface area (TPSA) is 110 Å². The highest BCUT2D eigenvalue weighted by atomic mass is 16.6. The van der Waals surface area contributed by atoms with Crippen LogP contribution >= 0.6 is 0 Å². The first-order valence-corrected chi connectivity index (χ1v) is 6.34. The monoisotopic (exact) mass is 301 g/mol. The molecule has 2 amide bonds. The number of hydrogen-bond donors (Lipinski definition) is 1. The first-order valence-electron chi connectivity index (χ1n) is 6.34. The molecule has 1 N–H and O–H groups in total. The number of anilines is 1. The summed E-state index contributed by atoms with van der Waals surface area (Å²) in [7, 11) is 1.49. The highest BCUT2D eigenvalue weighted by Crippen LogP contribution is 2.30. The number of nitrogens with zero attached hydrogens (tertiary/aromatic N) is 4.